The summed E-state index contributed by atoms with van der Waals surface area (Å²) < 4.78 is 7.05. The van der Waals surface area contributed by atoms with E-state index in [0.29, 0.717) is 48.2 Å². The van der Waals surface area contributed by atoms with E-state index >= 15 is 0 Å². The van der Waals surface area contributed by atoms with Gasteiger partial charge in [-0.2, -0.15) is 0 Å². The largest absolute Gasteiger partial charge is 0.376 e. The van der Waals surface area contributed by atoms with Crippen LogP contribution in [-0.4, -0.2) is 33.0 Å². The molecule has 0 bridgehead atoms. The molecular formula is C16H17N3O4. The number of carbonyl (C=O) groups is 1. The number of pyridine rings is 1. The number of rotatable bonds is 2. The van der Waals surface area contributed by atoms with Crippen LogP contribution >= 0.6 is 0 Å². The third-order valence-electron chi connectivity index (χ3n) is 4.66. The van der Waals surface area contributed by atoms with Crippen molar-refractivity contribution in [3.8, 4) is 0 Å². The van der Waals surface area contributed by atoms with Gasteiger partial charge >= 0.3 is 5.69 Å². The Hall–Kier alpha value is -2.28. The fourth-order valence-corrected chi connectivity index (χ4v) is 3.53. The lowest BCUT2D eigenvalue weighted by atomic mass is 9.90. The lowest BCUT2D eigenvalue weighted by molar-refractivity contribution is 0.0963. The maximum atomic E-state index is 12.3. The van der Waals surface area contributed by atoms with Crippen LogP contribution in [0.4, 0.5) is 0 Å². The van der Waals surface area contributed by atoms with E-state index in [1.54, 1.807) is 0 Å². The maximum absolute atomic E-state index is 12.3. The second kappa shape index (κ2) is 5.42. The van der Waals surface area contributed by atoms with E-state index in [1.807, 2.05) is 0 Å². The monoisotopic (exact) mass is 315 g/mol. The third-order valence-corrected chi connectivity index (χ3v) is 4.66. The van der Waals surface area contributed by atoms with Crippen LogP contribution in [0.5, 0.6) is 0 Å². The number of Topliss-reactive ketones (excluding diaryl/α,β-unsaturated/α-hetero) is 1. The Bertz CT molecular complexity index is 906. The molecule has 1 aliphatic carbocycles. The van der Waals surface area contributed by atoms with Crippen molar-refractivity contribution in [2.45, 2.75) is 44.8 Å². The second-order valence-corrected chi connectivity index (χ2v) is 6.13. The maximum Gasteiger partial charge on any atom is 0.330 e. The number of H-pyrrole nitrogens is 1. The van der Waals surface area contributed by atoms with Crippen molar-refractivity contribution in [3.63, 3.8) is 0 Å². The molecule has 23 heavy (non-hydrogen) atoms. The molecule has 1 fully saturated rings. The topological polar surface area (TPSA) is 94.0 Å². The van der Waals surface area contributed by atoms with Crippen LogP contribution in [0.25, 0.3) is 11.0 Å². The highest BCUT2D eigenvalue weighted by molar-refractivity contribution is 6.01. The molecule has 1 N–H and O–H groups in total. The molecule has 1 atom stereocenters. The van der Waals surface area contributed by atoms with Gasteiger partial charge in [-0.1, -0.05) is 0 Å². The molecule has 2 aromatic heterocycles. The first-order valence-corrected chi connectivity index (χ1v) is 7.94. The number of aromatic nitrogens is 3. The molecule has 2 aromatic rings. The van der Waals surface area contributed by atoms with E-state index in [2.05, 4.69) is 9.97 Å². The Morgan fingerprint density at radius 1 is 1.26 bits per heavy atom. The molecule has 0 amide bonds. The number of fused-ring (bicyclic) bond motifs is 3. The molecule has 0 spiro atoms. The zero-order valence-corrected chi connectivity index (χ0v) is 12.6. The van der Waals surface area contributed by atoms with Gasteiger partial charge in [0.2, 0.25) is 0 Å². The van der Waals surface area contributed by atoms with Crippen LogP contribution in [-0.2, 0) is 17.7 Å². The summed E-state index contributed by atoms with van der Waals surface area (Å²) in [6.45, 7) is 1.06. The summed E-state index contributed by atoms with van der Waals surface area (Å²) >= 11 is 0. The molecule has 2 aliphatic rings. The molecular weight excluding hydrogens is 298 g/mol. The number of nitrogens with zero attached hydrogens (tertiary/aromatic N) is 2. The molecule has 3 heterocycles. The molecule has 0 unspecified atom stereocenters. The quantitative estimate of drug-likeness (QED) is 0.884. The lowest BCUT2D eigenvalue weighted by Gasteiger charge is -2.18. The highest BCUT2D eigenvalue weighted by Gasteiger charge is 2.24. The summed E-state index contributed by atoms with van der Waals surface area (Å²) in [6.07, 6.45) is 5.17. The van der Waals surface area contributed by atoms with Gasteiger partial charge < -0.3 is 4.74 Å². The van der Waals surface area contributed by atoms with E-state index in [1.165, 1.54) is 10.8 Å². The summed E-state index contributed by atoms with van der Waals surface area (Å²) in [7, 11) is 0. The van der Waals surface area contributed by atoms with Crippen LogP contribution in [0.1, 0.15) is 41.6 Å². The number of hydrogen-bond donors (Lipinski definition) is 1. The first kappa shape index (κ1) is 14.3. The fraction of sp³-hybridized carbons (Fsp3) is 0.500. The molecule has 1 aliphatic heterocycles. The van der Waals surface area contributed by atoms with Gasteiger partial charge in [-0.15, -0.1) is 0 Å². The number of ether oxygens (including phenoxy) is 1. The molecule has 0 radical (unpaired) electrons. The number of aryl methyl sites for hydroxylation is 1. The zero-order chi connectivity index (χ0) is 16.0. The molecule has 1 saturated heterocycles. The minimum Gasteiger partial charge on any atom is -0.376 e. The van der Waals surface area contributed by atoms with Crippen molar-refractivity contribution in [1.29, 1.82) is 0 Å². The average Bonchev–Trinajstić information content (AvgIpc) is 3.04. The number of hydrogen-bond acceptors (Lipinski definition) is 5. The van der Waals surface area contributed by atoms with E-state index in [0.717, 1.165) is 19.3 Å². The van der Waals surface area contributed by atoms with Crippen molar-refractivity contribution >= 4 is 16.8 Å². The van der Waals surface area contributed by atoms with Crippen molar-refractivity contribution in [2.24, 2.45) is 0 Å². The van der Waals surface area contributed by atoms with Crippen molar-refractivity contribution in [3.05, 3.63) is 38.2 Å². The molecule has 4 rings (SSSR count). The van der Waals surface area contributed by atoms with Crippen LogP contribution in [0.2, 0.25) is 0 Å². The predicted molar refractivity (Wildman–Crippen MR) is 82.9 cm³/mol. The number of carbonyl (C=O) groups excluding carboxylic acids is 1. The summed E-state index contributed by atoms with van der Waals surface area (Å²) in [5, 5.41) is 0.369. The second-order valence-electron chi connectivity index (χ2n) is 6.13. The minimum absolute atomic E-state index is 0.0110. The average molecular weight is 315 g/mol. The van der Waals surface area contributed by atoms with E-state index in [4.69, 9.17) is 4.74 Å². The Balaban J connectivity index is 1.95. The van der Waals surface area contributed by atoms with Crippen molar-refractivity contribution in [2.75, 3.05) is 6.61 Å². The van der Waals surface area contributed by atoms with Gasteiger partial charge in [0.1, 0.15) is 5.65 Å². The number of nitrogens with one attached hydrogen (secondary N) is 1. The number of ketones is 1. The SMILES string of the molecule is O=C1CCCc2c1cnc1c2c(=O)[nH]c(=O)n1C[C@@H]1CCCO1. The highest BCUT2D eigenvalue weighted by Crippen LogP contribution is 2.25. The van der Waals surface area contributed by atoms with Gasteiger partial charge in [0.05, 0.1) is 18.0 Å². The third kappa shape index (κ3) is 2.31. The highest BCUT2D eigenvalue weighted by atomic mass is 16.5. The summed E-state index contributed by atoms with van der Waals surface area (Å²) in [5.41, 5.74) is 0.632. The van der Waals surface area contributed by atoms with Gasteiger partial charge in [-0.3, -0.25) is 19.1 Å². The predicted octanol–water partition coefficient (Wildman–Crippen LogP) is 0.783. The van der Waals surface area contributed by atoms with E-state index < -0.39 is 11.2 Å². The molecule has 0 aromatic carbocycles. The van der Waals surface area contributed by atoms with Gasteiger partial charge in [0.25, 0.3) is 5.56 Å². The first-order valence-electron chi connectivity index (χ1n) is 7.94. The Morgan fingerprint density at radius 2 is 2.13 bits per heavy atom. The lowest BCUT2D eigenvalue weighted by Crippen LogP contribution is -2.35. The zero-order valence-electron chi connectivity index (χ0n) is 12.6. The van der Waals surface area contributed by atoms with Gasteiger partial charge in [0, 0.05) is 24.8 Å². The van der Waals surface area contributed by atoms with E-state index in [-0.39, 0.29) is 11.9 Å². The first-order chi connectivity index (χ1) is 11.1. The molecule has 7 nitrogen and oxygen atoms in total. The standard InChI is InChI=1S/C16H17N3O4/c20-12-5-1-4-10-11(12)7-17-14-13(10)15(21)18-16(22)19(14)8-9-3-2-6-23-9/h7,9H,1-6,8H2,(H,18,21,22)/t9-/m0/s1. The van der Waals surface area contributed by atoms with Gasteiger partial charge in [-0.05, 0) is 31.2 Å². The van der Waals surface area contributed by atoms with Crippen LogP contribution in [0.15, 0.2) is 15.8 Å². The summed E-state index contributed by atoms with van der Waals surface area (Å²) in [5.74, 6) is 0.0110. The van der Waals surface area contributed by atoms with Gasteiger partial charge in [-0.25, -0.2) is 9.78 Å². The van der Waals surface area contributed by atoms with Crippen LogP contribution in [0.3, 0.4) is 0 Å². The molecule has 120 valence electrons. The Morgan fingerprint density at radius 3 is 2.91 bits per heavy atom. The van der Waals surface area contributed by atoms with Crippen molar-refractivity contribution < 1.29 is 9.53 Å². The minimum atomic E-state index is -0.479. The van der Waals surface area contributed by atoms with Gasteiger partial charge in [0.15, 0.2) is 5.78 Å². The summed E-state index contributed by atoms with van der Waals surface area (Å²) in [4.78, 5) is 43.2. The van der Waals surface area contributed by atoms with Crippen molar-refractivity contribution in [1.82, 2.24) is 14.5 Å². The fourth-order valence-electron chi connectivity index (χ4n) is 3.53. The smallest absolute Gasteiger partial charge is 0.330 e. The Kier molecular flexibility index (Phi) is 3.37. The molecule has 0 saturated carbocycles. The molecule has 7 heteroatoms. The van der Waals surface area contributed by atoms with E-state index in [9.17, 15) is 14.4 Å². The normalized spacial score (nSPS) is 20.9. The number of aromatic amines is 1. The Labute approximate surface area is 131 Å². The van der Waals surface area contributed by atoms with Crippen LogP contribution < -0.4 is 11.2 Å². The summed E-state index contributed by atoms with van der Waals surface area (Å²) in [6, 6.07) is 0. The van der Waals surface area contributed by atoms with Crippen LogP contribution in [0, 0.1) is 0 Å².